The lowest BCUT2D eigenvalue weighted by molar-refractivity contribution is 0.573. The van der Waals surface area contributed by atoms with E-state index in [2.05, 4.69) is 47.0 Å². The molecule has 0 unspecified atom stereocenters. The predicted octanol–water partition coefficient (Wildman–Crippen LogP) is 4.83. The molecule has 2 heterocycles. The summed E-state index contributed by atoms with van der Waals surface area (Å²) in [4.78, 5) is 9.31. The van der Waals surface area contributed by atoms with Gasteiger partial charge in [0.25, 0.3) is 0 Å². The van der Waals surface area contributed by atoms with E-state index in [-0.39, 0.29) is 0 Å². The molecular formula is C16H22BrN3O. The fraction of sp³-hybridized carbons (Fsp3) is 0.500. The Morgan fingerprint density at radius 2 is 2.10 bits per heavy atom. The predicted molar refractivity (Wildman–Crippen MR) is 89.5 cm³/mol. The Hall–Kier alpha value is -1.36. The van der Waals surface area contributed by atoms with Gasteiger partial charge in [-0.15, -0.1) is 0 Å². The number of nitrogens with zero attached hydrogens (tertiary/aromatic N) is 2. The summed E-state index contributed by atoms with van der Waals surface area (Å²) in [7, 11) is 0. The third kappa shape index (κ3) is 3.84. The minimum absolute atomic E-state index is 0.528. The van der Waals surface area contributed by atoms with Crippen LogP contribution in [0.4, 0.5) is 5.82 Å². The molecule has 0 saturated carbocycles. The summed E-state index contributed by atoms with van der Waals surface area (Å²) in [6, 6.07) is 1.93. The van der Waals surface area contributed by atoms with Crippen LogP contribution in [0, 0.1) is 12.8 Å². The molecule has 114 valence electrons. The Morgan fingerprint density at radius 1 is 1.33 bits per heavy atom. The van der Waals surface area contributed by atoms with E-state index in [0.29, 0.717) is 11.7 Å². The highest BCUT2D eigenvalue weighted by Crippen LogP contribution is 2.30. The normalized spacial score (nSPS) is 11.1. The lowest BCUT2D eigenvalue weighted by atomic mass is 10.1. The second kappa shape index (κ2) is 7.07. The quantitative estimate of drug-likeness (QED) is 0.809. The zero-order valence-electron chi connectivity index (χ0n) is 13.0. The first-order valence-corrected chi connectivity index (χ1v) is 8.17. The maximum atomic E-state index is 5.54. The molecule has 4 nitrogen and oxygen atoms in total. The van der Waals surface area contributed by atoms with Crippen LogP contribution in [0.3, 0.4) is 0 Å². The topological polar surface area (TPSA) is 51.0 Å². The SMILES string of the molecule is CCCNc1nc(-c2occc2C)nc(CC(C)C)c1Br. The van der Waals surface area contributed by atoms with Crippen LogP contribution in [0.15, 0.2) is 21.2 Å². The molecule has 0 spiro atoms. The Kier molecular flexibility index (Phi) is 5.39. The molecule has 0 fully saturated rings. The molecule has 2 aromatic rings. The molecule has 0 amide bonds. The van der Waals surface area contributed by atoms with Gasteiger partial charge in [-0.25, -0.2) is 9.97 Å². The van der Waals surface area contributed by atoms with E-state index in [4.69, 9.17) is 9.40 Å². The molecule has 1 N–H and O–H groups in total. The molecule has 21 heavy (non-hydrogen) atoms. The van der Waals surface area contributed by atoms with E-state index in [0.717, 1.165) is 46.7 Å². The summed E-state index contributed by atoms with van der Waals surface area (Å²) in [5.74, 6) is 2.76. The number of furan rings is 1. The largest absolute Gasteiger partial charge is 0.461 e. The second-order valence-corrected chi connectivity index (χ2v) is 6.41. The molecule has 0 radical (unpaired) electrons. The van der Waals surface area contributed by atoms with E-state index in [9.17, 15) is 0 Å². The standard InChI is InChI=1S/C16H22BrN3O/c1-5-7-18-15-13(17)12(9-10(2)3)19-16(20-15)14-11(4)6-8-21-14/h6,8,10H,5,7,9H2,1-4H3,(H,18,19,20). The average molecular weight is 352 g/mol. The molecule has 5 heteroatoms. The summed E-state index contributed by atoms with van der Waals surface area (Å²) in [5, 5.41) is 3.36. The molecule has 0 bridgehead atoms. The zero-order valence-corrected chi connectivity index (χ0v) is 14.6. The second-order valence-electron chi connectivity index (χ2n) is 5.61. The van der Waals surface area contributed by atoms with Crippen molar-refractivity contribution in [2.45, 2.75) is 40.5 Å². The van der Waals surface area contributed by atoms with Crippen molar-refractivity contribution in [3.63, 3.8) is 0 Å². The number of rotatable bonds is 6. The van der Waals surface area contributed by atoms with Crippen molar-refractivity contribution in [2.75, 3.05) is 11.9 Å². The number of aryl methyl sites for hydroxylation is 1. The third-order valence-corrected chi connectivity index (χ3v) is 3.96. The van der Waals surface area contributed by atoms with E-state index in [1.54, 1.807) is 6.26 Å². The maximum absolute atomic E-state index is 5.54. The highest BCUT2D eigenvalue weighted by Gasteiger charge is 2.17. The number of anilines is 1. The van der Waals surface area contributed by atoms with Gasteiger partial charge in [-0.2, -0.15) is 0 Å². The molecule has 0 aliphatic carbocycles. The highest BCUT2D eigenvalue weighted by molar-refractivity contribution is 9.10. The first-order chi connectivity index (χ1) is 10.0. The minimum atomic E-state index is 0.528. The Bertz CT molecular complexity index is 608. The summed E-state index contributed by atoms with van der Waals surface area (Å²) in [6.07, 6.45) is 3.62. The lowest BCUT2D eigenvalue weighted by Crippen LogP contribution is -2.09. The van der Waals surface area contributed by atoms with E-state index >= 15 is 0 Å². The van der Waals surface area contributed by atoms with Crippen molar-refractivity contribution in [2.24, 2.45) is 5.92 Å². The molecule has 2 aromatic heterocycles. The molecular weight excluding hydrogens is 330 g/mol. The lowest BCUT2D eigenvalue weighted by Gasteiger charge is -2.13. The van der Waals surface area contributed by atoms with Crippen LogP contribution in [-0.2, 0) is 6.42 Å². The van der Waals surface area contributed by atoms with Gasteiger partial charge in [0, 0.05) is 6.54 Å². The van der Waals surface area contributed by atoms with Crippen LogP contribution in [0.2, 0.25) is 0 Å². The Balaban J connectivity index is 2.47. The van der Waals surface area contributed by atoms with Gasteiger partial charge in [0.2, 0.25) is 0 Å². The average Bonchev–Trinajstić information content (AvgIpc) is 2.85. The first-order valence-electron chi connectivity index (χ1n) is 7.37. The molecule has 0 aliphatic rings. The van der Waals surface area contributed by atoms with Crippen LogP contribution in [-0.4, -0.2) is 16.5 Å². The number of hydrogen-bond acceptors (Lipinski definition) is 4. The van der Waals surface area contributed by atoms with E-state index in [1.807, 2.05) is 13.0 Å². The molecule has 0 aromatic carbocycles. The van der Waals surface area contributed by atoms with Gasteiger partial charge in [-0.05, 0) is 53.2 Å². The fourth-order valence-corrected chi connectivity index (χ4v) is 2.56. The number of nitrogens with one attached hydrogen (secondary N) is 1. The first kappa shape index (κ1) is 16.0. The fourth-order valence-electron chi connectivity index (χ4n) is 2.08. The Labute approximate surface area is 134 Å². The van der Waals surface area contributed by atoms with E-state index < -0.39 is 0 Å². The van der Waals surface area contributed by atoms with Gasteiger partial charge in [-0.3, -0.25) is 0 Å². The van der Waals surface area contributed by atoms with Gasteiger partial charge in [-0.1, -0.05) is 20.8 Å². The zero-order chi connectivity index (χ0) is 15.4. The molecule has 0 aliphatic heterocycles. The number of hydrogen-bond donors (Lipinski definition) is 1. The van der Waals surface area contributed by atoms with Gasteiger partial charge in [0.05, 0.1) is 16.4 Å². The van der Waals surface area contributed by atoms with Crippen molar-refractivity contribution < 1.29 is 4.42 Å². The van der Waals surface area contributed by atoms with Crippen LogP contribution in [0.25, 0.3) is 11.6 Å². The molecule has 0 saturated heterocycles. The smallest absolute Gasteiger partial charge is 0.198 e. The highest BCUT2D eigenvalue weighted by atomic mass is 79.9. The van der Waals surface area contributed by atoms with Gasteiger partial charge >= 0.3 is 0 Å². The van der Waals surface area contributed by atoms with Crippen LogP contribution >= 0.6 is 15.9 Å². The third-order valence-electron chi connectivity index (χ3n) is 3.13. The number of halogens is 1. The van der Waals surface area contributed by atoms with Crippen LogP contribution < -0.4 is 5.32 Å². The summed E-state index contributed by atoms with van der Waals surface area (Å²) >= 11 is 3.64. The Morgan fingerprint density at radius 3 is 2.67 bits per heavy atom. The van der Waals surface area contributed by atoms with Crippen molar-refractivity contribution in [3.05, 3.63) is 28.1 Å². The monoisotopic (exact) mass is 351 g/mol. The molecule has 2 rings (SSSR count). The van der Waals surface area contributed by atoms with Crippen molar-refractivity contribution >= 4 is 21.7 Å². The molecule has 0 atom stereocenters. The van der Waals surface area contributed by atoms with Gasteiger partial charge in [0.1, 0.15) is 5.82 Å². The number of aromatic nitrogens is 2. The van der Waals surface area contributed by atoms with Crippen molar-refractivity contribution in [3.8, 4) is 11.6 Å². The van der Waals surface area contributed by atoms with Crippen LogP contribution in [0.5, 0.6) is 0 Å². The van der Waals surface area contributed by atoms with Crippen LogP contribution in [0.1, 0.15) is 38.4 Å². The van der Waals surface area contributed by atoms with Crippen molar-refractivity contribution in [1.29, 1.82) is 0 Å². The van der Waals surface area contributed by atoms with E-state index in [1.165, 1.54) is 0 Å². The maximum Gasteiger partial charge on any atom is 0.198 e. The summed E-state index contributed by atoms with van der Waals surface area (Å²) < 4.78 is 6.50. The summed E-state index contributed by atoms with van der Waals surface area (Å²) in [5.41, 5.74) is 2.07. The minimum Gasteiger partial charge on any atom is -0.461 e. The van der Waals surface area contributed by atoms with Crippen molar-refractivity contribution in [1.82, 2.24) is 9.97 Å². The van der Waals surface area contributed by atoms with Gasteiger partial charge < -0.3 is 9.73 Å². The van der Waals surface area contributed by atoms with Gasteiger partial charge in [0.15, 0.2) is 11.6 Å². The summed E-state index contributed by atoms with van der Waals surface area (Å²) in [6.45, 7) is 9.39.